The van der Waals surface area contributed by atoms with Crippen LogP contribution < -0.4 is 24.0 Å². The topological polar surface area (TPSA) is 40.1 Å². The van der Waals surface area contributed by atoms with Crippen molar-refractivity contribution in [1.82, 2.24) is 0 Å². The summed E-state index contributed by atoms with van der Waals surface area (Å²) in [6, 6.07) is 0. The Morgan fingerprint density at radius 2 is 1.44 bits per heavy atom. The zero-order valence-corrected chi connectivity index (χ0v) is 8.69. The summed E-state index contributed by atoms with van der Waals surface area (Å²) >= 11 is -1.66. The first kappa shape index (κ1) is 16.9. The Morgan fingerprint density at radius 3 is 1.44 bits per heavy atom. The maximum atomic E-state index is 8.89. The number of rotatable bonds is 0. The van der Waals surface area contributed by atoms with E-state index in [0.717, 1.165) is 6.92 Å². The summed E-state index contributed by atoms with van der Waals surface area (Å²) in [6.07, 6.45) is 0. The molecule has 0 aliphatic carbocycles. The van der Waals surface area contributed by atoms with E-state index in [1.807, 2.05) is 0 Å². The Balaban J connectivity index is -0.0000000720. The van der Waals surface area contributed by atoms with Gasteiger partial charge in [-0.1, -0.05) is 0 Å². The number of halogens is 3. The van der Waals surface area contributed by atoms with Gasteiger partial charge in [-0.2, -0.15) is 0 Å². The summed E-state index contributed by atoms with van der Waals surface area (Å²) < 4.78 is 0. The van der Waals surface area contributed by atoms with E-state index >= 15 is 0 Å². The number of carbonyl (C=O) groups is 1. The molecule has 0 saturated carbocycles. The van der Waals surface area contributed by atoms with Crippen molar-refractivity contribution in [2.75, 3.05) is 0 Å². The molecule has 0 radical (unpaired) electrons. The molecule has 0 fully saturated rings. The van der Waals surface area contributed by atoms with Gasteiger partial charge in [-0.3, -0.25) is 0 Å². The molecule has 0 amide bonds. The molecule has 0 aromatic rings. The van der Waals surface area contributed by atoms with E-state index in [9.17, 15) is 0 Å². The molecule has 0 aromatic carbocycles. The maximum Gasteiger partial charge on any atom is 1.00 e. The first-order chi connectivity index (χ1) is 3.46. The monoisotopic (exact) mass is 274 g/mol. The van der Waals surface area contributed by atoms with Crippen molar-refractivity contribution >= 4 is 35.0 Å². The minimum absolute atomic E-state index is 0. The van der Waals surface area contributed by atoms with E-state index in [1.54, 1.807) is 0 Å². The number of hydrogen-bond donors (Lipinski definition) is 0. The molecule has 9 heavy (non-hydrogen) atoms. The molecule has 0 atom stereocenters. The molecule has 0 saturated heterocycles. The summed E-state index contributed by atoms with van der Waals surface area (Å²) in [6.45, 7) is 0.972. The number of hydrogen-bond acceptors (Lipinski definition) is 2. The maximum absolute atomic E-state index is 8.89. The second kappa shape index (κ2) is 12.3. The molecular formula is C2H3Cl3LiO2Rh. The van der Waals surface area contributed by atoms with Crippen molar-refractivity contribution < 1.29 is 41.7 Å². The standard InChI is InChI=1S/C2H4O2.3ClH.Li.Rh/c1-2(3)4;;;;;/h1H3,(H,3,4);3*1H;;/q;;;;+1;+3/p-4. The van der Waals surface area contributed by atoms with Gasteiger partial charge >= 0.3 is 60.9 Å². The Bertz CT molecular complexity index is 64.1. The van der Waals surface area contributed by atoms with Gasteiger partial charge in [0.15, 0.2) is 0 Å². The number of carboxylic acids is 1. The van der Waals surface area contributed by atoms with Gasteiger partial charge in [0.25, 0.3) is 0 Å². The van der Waals surface area contributed by atoms with Gasteiger partial charge in [-0.05, 0) is 6.92 Å². The third-order valence-electron chi connectivity index (χ3n) is 0. The SMILES string of the molecule is CC(=O)[O-].[Cl][Rh]([Cl])[Cl].[Li+]. The summed E-state index contributed by atoms with van der Waals surface area (Å²) in [5.74, 6) is -1.08. The summed E-state index contributed by atoms with van der Waals surface area (Å²) in [5.41, 5.74) is 0. The van der Waals surface area contributed by atoms with E-state index in [1.165, 1.54) is 0 Å². The van der Waals surface area contributed by atoms with Gasteiger partial charge in [0.2, 0.25) is 0 Å². The number of carbonyl (C=O) groups excluding carboxylic acids is 1. The van der Waals surface area contributed by atoms with Gasteiger partial charge in [0, 0.05) is 5.97 Å². The first-order valence-electron chi connectivity index (χ1n) is 1.29. The first-order valence-corrected chi connectivity index (χ1v) is 7.62. The summed E-state index contributed by atoms with van der Waals surface area (Å²) in [7, 11) is 14.8. The third-order valence-corrected chi connectivity index (χ3v) is 0. The second-order valence-corrected chi connectivity index (χ2v) is 8.10. The fourth-order valence-electron chi connectivity index (χ4n) is 0. The van der Waals surface area contributed by atoms with Gasteiger partial charge < -0.3 is 9.90 Å². The van der Waals surface area contributed by atoms with E-state index in [-0.39, 0.29) is 18.9 Å². The smallest absolute Gasteiger partial charge is 1.00 e. The molecule has 0 heterocycles. The summed E-state index contributed by atoms with van der Waals surface area (Å²) in [4.78, 5) is 8.89. The predicted octanol–water partition coefficient (Wildman–Crippen LogP) is -2.17. The van der Waals surface area contributed by atoms with E-state index in [4.69, 9.17) is 39.0 Å². The van der Waals surface area contributed by atoms with Crippen LogP contribution in [-0.4, -0.2) is 5.97 Å². The second-order valence-electron chi connectivity index (χ2n) is 0.634. The average Bonchev–Trinajstić information content (AvgIpc) is 1.25. The van der Waals surface area contributed by atoms with Crippen molar-refractivity contribution in [1.29, 1.82) is 0 Å². The number of aliphatic carboxylic acids is 1. The van der Waals surface area contributed by atoms with Crippen LogP contribution in [0.4, 0.5) is 0 Å². The molecule has 2 nitrogen and oxygen atoms in total. The molecule has 0 spiro atoms. The minimum Gasteiger partial charge on any atom is 1.00 e. The van der Waals surface area contributed by atoms with Crippen LogP contribution in [0.25, 0.3) is 0 Å². The Morgan fingerprint density at radius 1 is 1.44 bits per heavy atom. The Hall–Kier alpha value is 1.56. The Kier molecular flexibility index (Phi) is 23.0. The van der Waals surface area contributed by atoms with Crippen LogP contribution >= 0.6 is 29.1 Å². The molecule has 0 aliphatic rings. The van der Waals surface area contributed by atoms with Crippen molar-refractivity contribution in [3.63, 3.8) is 0 Å². The van der Waals surface area contributed by atoms with Crippen molar-refractivity contribution in [2.45, 2.75) is 6.92 Å². The quantitative estimate of drug-likeness (QED) is 0.472. The molecule has 0 aliphatic heterocycles. The molecule has 0 rings (SSSR count). The van der Waals surface area contributed by atoms with Crippen LogP contribution in [-0.2, 0) is 17.8 Å². The molecule has 0 aromatic heterocycles. The van der Waals surface area contributed by atoms with E-state index in [0.29, 0.717) is 0 Å². The summed E-state index contributed by atoms with van der Waals surface area (Å²) in [5, 5.41) is 8.89. The molecule has 7 heteroatoms. The molecule has 0 bridgehead atoms. The van der Waals surface area contributed by atoms with Crippen LogP contribution in [0.1, 0.15) is 6.92 Å². The van der Waals surface area contributed by atoms with Crippen LogP contribution in [0.2, 0.25) is 0 Å². The molecule has 54 valence electrons. The van der Waals surface area contributed by atoms with Gasteiger partial charge in [0.1, 0.15) is 0 Å². The fraction of sp³-hybridized carbons (Fsp3) is 0.500. The minimum atomic E-state index is -1.66. The van der Waals surface area contributed by atoms with Crippen LogP contribution in [0, 0.1) is 0 Å². The largest absolute Gasteiger partial charge is 1.00 e. The third kappa shape index (κ3) is 224. The van der Waals surface area contributed by atoms with Crippen molar-refractivity contribution in [2.24, 2.45) is 0 Å². The van der Waals surface area contributed by atoms with Gasteiger partial charge in [-0.15, -0.1) is 0 Å². The van der Waals surface area contributed by atoms with E-state index < -0.39 is 18.9 Å². The van der Waals surface area contributed by atoms with Gasteiger partial charge in [0.05, 0.1) is 0 Å². The average molecular weight is 275 g/mol. The van der Waals surface area contributed by atoms with Crippen molar-refractivity contribution in [3.05, 3.63) is 0 Å². The fourth-order valence-corrected chi connectivity index (χ4v) is 0. The molecule has 0 unspecified atom stereocenters. The Labute approximate surface area is 83.1 Å². The predicted molar refractivity (Wildman–Crippen MR) is 28.2 cm³/mol. The van der Waals surface area contributed by atoms with Crippen LogP contribution in [0.15, 0.2) is 0 Å². The van der Waals surface area contributed by atoms with Crippen molar-refractivity contribution in [3.8, 4) is 0 Å². The molecule has 0 N–H and O–H groups in total. The molecular weight excluding hydrogens is 272 g/mol. The number of carboxylic acid groups (broad SMARTS) is 1. The normalized spacial score (nSPS) is 7.78. The van der Waals surface area contributed by atoms with Crippen LogP contribution in [0.5, 0.6) is 0 Å². The van der Waals surface area contributed by atoms with E-state index in [2.05, 4.69) is 0 Å². The zero-order chi connectivity index (χ0) is 7.15. The van der Waals surface area contributed by atoms with Gasteiger partial charge in [-0.25, -0.2) is 0 Å². The zero-order valence-electron chi connectivity index (χ0n) is 4.78. The van der Waals surface area contributed by atoms with Crippen LogP contribution in [0.3, 0.4) is 0 Å².